The fourth-order valence-electron chi connectivity index (χ4n) is 3.28. The van der Waals surface area contributed by atoms with Crippen molar-refractivity contribution in [1.82, 2.24) is 0 Å². The van der Waals surface area contributed by atoms with Gasteiger partial charge in [-0.15, -0.1) is 0 Å². The molecule has 0 bridgehead atoms. The first-order valence-electron chi connectivity index (χ1n) is 10.0. The van der Waals surface area contributed by atoms with E-state index >= 15 is 0 Å². The minimum Gasteiger partial charge on any atom is -0.423 e. The molecule has 33 heavy (non-hydrogen) atoms. The highest BCUT2D eigenvalue weighted by Gasteiger charge is 2.13. The molecule has 0 aromatic heterocycles. The molecule has 6 heteroatoms. The van der Waals surface area contributed by atoms with Crippen molar-refractivity contribution >= 4 is 57.0 Å². The molecule has 4 aromatic carbocycles. The van der Waals surface area contributed by atoms with Crippen molar-refractivity contribution in [2.75, 3.05) is 5.32 Å². The molecule has 0 unspecified atom stereocenters. The third-order valence-electron chi connectivity index (χ3n) is 4.86. The largest absolute Gasteiger partial charge is 0.423 e. The standard InChI is InChI=1S/C27H17IN2O3/c28-21-7-4-8-22(16-21)30-26(31)20(17-29)15-18-11-13-23(14-12-18)33-27(32)25-10-3-6-19-5-1-2-9-24(19)25/h1-16H,(H,30,31)/b20-15+. The number of ether oxygens (including phenoxy) is 1. The maximum Gasteiger partial charge on any atom is 0.344 e. The molecular weight excluding hydrogens is 527 g/mol. The summed E-state index contributed by atoms with van der Waals surface area (Å²) in [5.74, 6) is -0.581. The summed E-state index contributed by atoms with van der Waals surface area (Å²) < 4.78 is 6.50. The average molecular weight is 544 g/mol. The van der Waals surface area contributed by atoms with Gasteiger partial charge in [0, 0.05) is 9.26 Å². The molecule has 0 fully saturated rings. The highest BCUT2D eigenvalue weighted by molar-refractivity contribution is 14.1. The Bertz CT molecular complexity index is 1410. The molecule has 0 radical (unpaired) electrons. The van der Waals surface area contributed by atoms with Gasteiger partial charge in [-0.25, -0.2) is 4.79 Å². The van der Waals surface area contributed by atoms with Crippen LogP contribution in [0, 0.1) is 14.9 Å². The van der Waals surface area contributed by atoms with E-state index in [2.05, 4.69) is 27.9 Å². The van der Waals surface area contributed by atoms with Gasteiger partial charge in [-0.05, 0) is 81.4 Å². The van der Waals surface area contributed by atoms with Crippen molar-refractivity contribution in [3.8, 4) is 11.8 Å². The fourth-order valence-corrected chi connectivity index (χ4v) is 3.82. The molecule has 0 heterocycles. The molecule has 0 saturated carbocycles. The number of nitriles is 1. The molecule has 0 aliphatic carbocycles. The van der Waals surface area contributed by atoms with E-state index < -0.39 is 11.9 Å². The summed E-state index contributed by atoms with van der Waals surface area (Å²) in [6, 6.07) is 29.0. The lowest BCUT2D eigenvalue weighted by Crippen LogP contribution is -2.13. The number of fused-ring (bicyclic) bond motifs is 1. The molecule has 0 spiro atoms. The Morgan fingerprint density at radius 3 is 2.39 bits per heavy atom. The van der Waals surface area contributed by atoms with E-state index in [1.807, 2.05) is 60.7 Å². The predicted molar refractivity (Wildman–Crippen MR) is 137 cm³/mol. The Hall–Kier alpha value is -3.96. The Morgan fingerprint density at radius 2 is 1.64 bits per heavy atom. The quantitative estimate of drug-likeness (QED) is 0.107. The number of rotatable bonds is 5. The lowest BCUT2D eigenvalue weighted by molar-refractivity contribution is -0.112. The van der Waals surface area contributed by atoms with E-state index in [1.54, 1.807) is 36.4 Å². The highest BCUT2D eigenvalue weighted by Crippen LogP contribution is 2.22. The molecule has 5 nitrogen and oxygen atoms in total. The lowest BCUT2D eigenvalue weighted by atomic mass is 10.0. The maximum absolute atomic E-state index is 12.7. The first-order valence-corrected chi connectivity index (χ1v) is 11.1. The molecule has 0 aliphatic heterocycles. The van der Waals surface area contributed by atoms with Crippen LogP contribution in [0.2, 0.25) is 0 Å². The number of nitrogens with zero attached hydrogens (tertiary/aromatic N) is 1. The first kappa shape index (κ1) is 22.2. The van der Waals surface area contributed by atoms with Crippen LogP contribution in [-0.4, -0.2) is 11.9 Å². The van der Waals surface area contributed by atoms with Gasteiger partial charge in [0.05, 0.1) is 5.56 Å². The van der Waals surface area contributed by atoms with Gasteiger partial charge in [0.1, 0.15) is 17.4 Å². The van der Waals surface area contributed by atoms with Crippen LogP contribution in [0.3, 0.4) is 0 Å². The van der Waals surface area contributed by atoms with Crippen molar-refractivity contribution < 1.29 is 14.3 Å². The smallest absolute Gasteiger partial charge is 0.344 e. The summed E-state index contributed by atoms with van der Waals surface area (Å²) in [7, 11) is 0. The normalized spacial score (nSPS) is 11.0. The van der Waals surface area contributed by atoms with Crippen LogP contribution >= 0.6 is 22.6 Å². The van der Waals surface area contributed by atoms with Crippen molar-refractivity contribution in [3.05, 3.63) is 111 Å². The first-order chi connectivity index (χ1) is 16.0. The zero-order chi connectivity index (χ0) is 23.2. The fraction of sp³-hybridized carbons (Fsp3) is 0. The van der Waals surface area contributed by atoms with E-state index in [1.165, 1.54) is 6.08 Å². The molecule has 0 aliphatic rings. The topological polar surface area (TPSA) is 79.2 Å². The lowest BCUT2D eigenvalue weighted by Gasteiger charge is -2.08. The van der Waals surface area contributed by atoms with Gasteiger partial charge in [0.2, 0.25) is 0 Å². The number of nitrogens with one attached hydrogen (secondary N) is 1. The van der Waals surface area contributed by atoms with E-state index in [4.69, 9.17) is 4.74 Å². The average Bonchev–Trinajstić information content (AvgIpc) is 2.83. The second-order valence-corrected chi connectivity index (χ2v) is 8.37. The maximum atomic E-state index is 12.7. The second kappa shape index (κ2) is 10.1. The van der Waals surface area contributed by atoms with Crippen LogP contribution in [-0.2, 0) is 4.79 Å². The summed E-state index contributed by atoms with van der Waals surface area (Å²) in [4.78, 5) is 25.2. The van der Waals surface area contributed by atoms with Gasteiger partial charge in [-0.1, -0.05) is 54.6 Å². The third kappa shape index (κ3) is 5.45. The van der Waals surface area contributed by atoms with Crippen molar-refractivity contribution in [1.29, 1.82) is 5.26 Å². The van der Waals surface area contributed by atoms with Gasteiger partial charge < -0.3 is 10.1 Å². The van der Waals surface area contributed by atoms with Crippen LogP contribution in [0.5, 0.6) is 5.75 Å². The summed E-state index contributed by atoms with van der Waals surface area (Å²) >= 11 is 2.15. The molecule has 4 aromatic rings. The van der Waals surface area contributed by atoms with Crippen molar-refractivity contribution in [3.63, 3.8) is 0 Å². The predicted octanol–water partition coefficient (Wildman–Crippen LogP) is 6.21. The Labute approximate surface area is 204 Å². The van der Waals surface area contributed by atoms with Crippen molar-refractivity contribution in [2.45, 2.75) is 0 Å². The Morgan fingerprint density at radius 1 is 0.909 bits per heavy atom. The van der Waals surface area contributed by atoms with Gasteiger partial charge >= 0.3 is 5.97 Å². The summed E-state index contributed by atoms with van der Waals surface area (Å²) in [5, 5.41) is 13.9. The van der Waals surface area contributed by atoms with E-state index in [-0.39, 0.29) is 5.57 Å². The molecule has 1 amide bonds. The molecule has 0 atom stereocenters. The number of esters is 1. The van der Waals surface area contributed by atoms with Gasteiger partial charge in [0.25, 0.3) is 5.91 Å². The molecular formula is C27H17IN2O3. The number of amides is 1. The molecule has 1 N–H and O–H groups in total. The van der Waals surface area contributed by atoms with E-state index in [0.717, 1.165) is 14.3 Å². The Balaban J connectivity index is 1.48. The zero-order valence-corrected chi connectivity index (χ0v) is 19.4. The number of carbonyl (C=O) groups excluding carboxylic acids is 2. The zero-order valence-electron chi connectivity index (χ0n) is 17.3. The van der Waals surface area contributed by atoms with E-state index in [9.17, 15) is 14.9 Å². The van der Waals surface area contributed by atoms with Crippen LogP contribution in [0.1, 0.15) is 15.9 Å². The summed E-state index contributed by atoms with van der Waals surface area (Å²) in [6.45, 7) is 0. The monoisotopic (exact) mass is 544 g/mol. The van der Waals surface area contributed by atoms with Gasteiger partial charge in [-0.3, -0.25) is 4.79 Å². The number of anilines is 1. The van der Waals surface area contributed by atoms with Gasteiger partial charge in [-0.2, -0.15) is 5.26 Å². The molecule has 160 valence electrons. The van der Waals surface area contributed by atoms with Gasteiger partial charge in [0.15, 0.2) is 0 Å². The highest BCUT2D eigenvalue weighted by atomic mass is 127. The number of benzene rings is 4. The summed E-state index contributed by atoms with van der Waals surface area (Å²) in [5.41, 5.74) is 1.70. The third-order valence-corrected chi connectivity index (χ3v) is 5.53. The van der Waals surface area contributed by atoms with E-state index in [0.29, 0.717) is 22.6 Å². The number of hydrogen-bond acceptors (Lipinski definition) is 4. The SMILES string of the molecule is N#C/C(=C\c1ccc(OC(=O)c2cccc3ccccc23)cc1)C(=O)Nc1cccc(I)c1. The number of carbonyl (C=O) groups is 2. The minimum atomic E-state index is -0.494. The molecule has 4 rings (SSSR count). The van der Waals surface area contributed by atoms with Crippen LogP contribution < -0.4 is 10.1 Å². The summed E-state index contributed by atoms with van der Waals surface area (Å²) in [6.07, 6.45) is 1.49. The van der Waals surface area contributed by atoms with Crippen molar-refractivity contribution in [2.24, 2.45) is 0 Å². The number of hydrogen-bond donors (Lipinski definition) is 1. The van der Waals surface area contributed by atoms with Crippen LogP contribution in [0.25, 0.3) is 16.8 Å². The minimum absolute atomic E-state index is 0.0330. The Kier molecular flexibility index (Phi) is 6.81. The van der Waals surface area contributed by atoms with Crippen LogP contribution in [0.15, 0.2) is 96.6 Å². The van der Waals surface area contributed by atoms with Crippen LogP contribution in [0.4, 0.5) is 5.69 Å². The second-order valence-electron chi connectivity index (χ2n) is 7.12. The molecule has 0 saturated heterocycles. The number of halogens is 1.